The Bertz CT molecular complexity index is 1000. The third kappa shape index (κ3) is 4.43. The fraction of sp³-hybridized carbons (Fsp3) is 0.300. The van der Waals surface area contributed by atoms with Gasteiger partial charge in [0.05, 0.1) is 23.7 Å². The van der Waals surface area contributed by atoms with Crippen LogP contribution in [0.2, 0.25) is 0 Å². The van der Waals surface area contributed by atoms with Crippen molar-refractivity contribution in [1.82, 2.24) is 20.1 Å². The number of nitrogens with one attached hydrogen (secondary N) is 1. The van der Waals surface area contributed by atoms with Gasteiger partial charge in [0, 0.05) is 42.3 Å². The standard InChI is InChI=1S/C20H22N4O2S/c25-27(26)10-8-19(15-27)22-12-18-14-24(13-16-5-2-1-3-6-16)23-20(18)17-7-4-9-21-11-17/h1-7,9,11,14,19,22H,8,10,12-13,15H2. The Morgan fingerprint density at radius 3 is 2.70 bits per heavy atom. The number of hydrogen-bond donors (Lipinski definition) is 1. The first kappa shape index (κ1) is 17.9. The van der Waals surface area contributed by atoms with Crippen LogP contribution in [-0.4, -0.2) is 40.7 Å². The molecule has 0 spiro atoms. The minimum absolute atomic E-state index is 0.00854. The number of nitrogens with zero attached hydrogens (tertiary/aromatic N) is 3. The fourth-order valence-electron chi connectivity index (χ4n) is 3.40. The molecule has 1 unspecified atom stereocenters. The van der Waals surface area contributed by atoms with E-state index >= 15 is 0 Å². The lowest BCUT2D eigenvalue weighted by atomic mass is 10.1. The lowest BCUT2D eigenvalue weighted by Crippen LogP contribution is -2.29. The molecule has 1 N–H and O–H groups in total. The van der Waals surface area contributed by atoms with E-state index in [9.17, 15) is 8.42 Å². The smallest absolute Gasteiger partial charge is 0.151 e. The van der Waals surface area contributed by atoms with Crippen molar-refractivity contribution in [1.29, 1.82) is 0 Å². The van der Waals surface area contributed by atoms with Gasteiger partial charge in [-0.2, -0.15) is 5.10 Å². The highest BCUT2D eigenvalue weighted by Crippen LogP contribution is 2.22. The van der Waals surface area contributed by atoms with Gasteiger partial charge in [0.25, 0.3) is 0 Å². The molecule has 7 heteroatoms. The highest BCUT2D eigenvalue weighted by molar-refractivity contribution is 7.91. The summed E-state index contributed by atoms with van der Waals surface area (Å²) in [7, 11) is -2.89. The van der Waals surface area contributed by atoms with E-state index in [4.69, 9.17) is 5.10 Å². The summed E-state index contributed by atoms with van der Waals surface area (Å²) in [6, 6.07) is 14.1. The van der Waals surface area contributed by atoms with Gasteiger partial charge >= 0.3 is 0 Å². The van der Waals surface area contributed by atoms with Crippen molar-refractivity contribution in [3.05, 3.63) is 72.2 Å². The lowest BCUT2D eigenvalue weighted by molar-refractivity contribution is 0.554. The maximum atomic E-state index is 11.7. The molecule has 140 valence electrons. The van der Waals surface area contributed by atoms with E-state index in [1.807, 2.05) is 41.2 Å². The van der Waals surface area contributed by atoms with Crippen molar-refractivity contribution in [3.63, 3.8) is 0 Å². The molecule has 0 saturated carbocycles. The van der Waals surface area contributed by atoms with Gasteiger partial charge in [-0.1, -0.05) is 30.3 Å². The van der Waals surface area contributed by atoms with Crippen LogP contribution in [0.3, 0.4) is 0 Å². The van der Waals surface area contributed by atoms with E-state index in [2.05, 4.69) is 22.4 Å². The molecule has 1 aliphatic heterocycles. The van der Waals surface area contributed by atoms with Gasteiger partial charge in [-0.15, -0.1) is 0 Å². The summed E-state index contributed by atoms with van der Waals surface area (Å²) in [4.78, 5) is 4.20. The van der Waals surface area contributed by atoms with E-state index < -0.39 is 9.84 Å². The molecule has 4 rings (SSSR count). The second-order valence-electron chi connectivity index (χ2n) is 6.91. The third-order valence-corrected chi connectivity index (χ3v) is 6.54. The molecule has 6 nitrogen and oxygen atoms in total. The summed E-state index contributed by atoms with van der Waals surface area (Å²) in [5, 5.41) is 8.16. The Morgan fingerprint density at radius 2 is 2.00 bits per heavy atom. The van der Waals surface area contributed by atoms with Crippen molar-refractivity contribution in [2.24, 2.45) is 0 Å². The number of rotatable bonds is 6. The number of sulfone groups is 1. The minimum Gasteiger partial charge on any atom is -0.309 e. The Morgan fingerprint density at radius 1 is 1.15 bits per heavy atom. The average Bonchev–Trinajstić information content (AvgIpc) is 3.24. The summed E-state index contributed by atoms with van der Waals surface area (Å²) >= 11 is 0. The zero-order valence-electron chi connectivity index (χ0n) is 15.0. The molecule has 0 amide bonds. The van der Waals surface area contributed by atoms with Gasteiger partial charge in [0.15, 0.2) is 9.84 Å². The topological polar surface area (TPSA) is 76.9 Å². The molecule has 0 bridgehead atoms. The van der Waals surface area contributed by atoms with Crippen LogP contribution >= 0.6 is 0 Å². The van der Waals surface area contributed by atoms with Crippen LogP contribution < -0.4 is 5.32 Å². The second kappa shape index (κ2) is 7.62. The number of benzene rings is 1. The normalized spacial score (nSPS) is 18.6. The second-order valence-corrected chi connectivity index (χ2v) is 9.14. The number of hydrogen-bond acceptors (Lipinski definition) is 5. The highest BCUT2D eigenvalue weighted by Gasteiger charge is 2.27. The van der Waals surface area contributed by atoms with E-state index in [0.29, 0.717) is 19.5 Å². The van der Waals surface area contributed by atoms with Gasteiger partial charge in [-0.3, -0.25) is 9.67 Å². The van der Waals surface area contributed by atoms with E-state index in [-0.39, 0.29) is 17.5 Å². The zero-order chi connectivity index (χ0) is 18.7. The van der Waals surface area contributed by atoms with Gasteiger partial charge in [-0.25, -0.2) is 8.42 Å². The summed E-state index contributed by atoms with van der Waals surface area (Å²) in [5.74, 6) is 0.487. The quantitative estimate of drug-likeness (QED) is 0.708. The van der Waals surface area contributed by atoms with Crippen LogP contribution in [0, 0.1) is 0 Å². The maximum absolute atomic E-state index is 11.7. The molecule has 2 aromatic heterocycles. The van der Waals surface area contributed by atoms with Crippen molar-refractivity contribution in [2.45, 2.75) is 25.6 Å². The molecule has 1 atom stereocenters. The molecule has 1 aliphatic rings. The maximum Gasteiger partial charge on any atom is 0.151 e. The Balaban J connectivity index is 1.56. The predicted molar refractivity (Wildman–Crippen MR) is 105 cm³/mol. The van der Waals surface area contributed by atoms with Crippen LogP contribution in [0.5, 0.6) is 0 Å². The molecule has 3 aromatic rings. The predicted octanol–water partition coefficient (Wildman–Crippen LogP) is 2.27. The van der Waals surface area contributed by atoms with Gasteiger partial charge < -0.3 is 5.32 Å². The lowest BCUT2D eigenvalue weighted by Gasteiger charge is -2.10. The Labute approximate surface area is 159 Å². The number of aromatic nitrogens is 3. The zero-order valence-corrected chi connectivity index (χ0v) is 15.8. The summed E-state index contributed by atoms with van der Waals surface area (Å²) in [5.41, 5.74) is 4.06. The fourth-order valence-corrected chi connectivity index (χ4v) is 5.11. The van der Waals surface area contributed by atoms with Gasteiger partial charge in [0.1, 0.15) is 0 Å². The molecule has 1 aromatic carbocycles. The van der Waals surface area contributed by atoms with Crippen molar-refractivity contribution in [2.75, 3.05) is 11.5 Å². The SMILES string of the molecule is O=S1(=O)CCC(NCc2cn(Cc3ccccc3)nc2-c2cccnc2)C1. The van der Waals surface area contributed by atoms with Crippen molar-refractivity contribution >= 4 is 9.84 Å². The summed E-state index contributed by atoms with van der Waals surface area (Å²) < 4.78 is 25.3. The molecule has 27 heavy (non-hydrogen) atoms. The Kier molecular flexibility index (Phi) is 5.05. The molecular weight excluding hydrogens is 360 g/mol. The van der Waals surface area contributed by atoms with Crippen molar-refractivity contribution in [3.8, 4) is 11.3 Å². The first-order chi connectivity index (χ1) is 13.1. The first-order valence-electron chi connectivity index (χ1n) is 9.03. The van der Waals surface area contributed by atoms with Gasteiger partial charge in [-0.05, 0) is 24.1 Å². The van der Waals surface area contributed by atoms with Crippen LogP contribution in [0.1, 0.15) is 17.5 Å². The van der Waals surface area contributed by atoms with Crippen LogP contribution in [-0.2, 0) is 22.9 Å². The van der Waals surface area contributed by atoms with E-state index in [0.717, 1.165) is 16.8 Å². The van der Waals surface area contributed by atoms with Crippen molar-refractivity contribution < 1.29 is 8.42 Å². The largest absolute Gasteiger partial charge is 0.309 e. The minimum atomic E-state index is -2.89. The molecule has 1 saturated heterocycles. The molecule has 3 heterocycles. The van der Waals surface area contributed by atoms with E-state index in [1.54, 1.807) is 12.4 Å². The Hall–Kier alpha value is -2.51. The van der Waals surface area contributed by atoms with E-state index in [1.165, 1.54) is 5.56 Å². The molecule has 1 fully saturated rings. The highest BCUT2D eigenvalue weighted by atomic mass is 32.2. The van der Waals surface area contributed by atoms with Crippen LogP contribution in [0.4, 0.5) is 0 Å². The molecule has 0 aliphatic carbocycles. The average molecular weight is 382 g/mol. The molecular formula is C20H22N4O2S. The summed E-state index contributed by atoms with van der Waals surface area (Å²) in [6.45, 7) is 1.27. The third-order valence-electron chi connectivity index (χ3n) is 4.77. The first-order valence-corrected chi connectivity index (χ1v) is 10.9. The van der Waals surface area contributed by atoms with Crippen LogP contribution in [0.25, 0.3) is 11.3 Å². The number of pyridine rings is 1. The molecule has 0 radical (unpaired) electrons. The van der Waals surface area contributed by atoms with Gasteiger partial charge in [0.2, 0.25) is 0 Å². The monoisotopic (exact) mass is 382 g/mol. The summed E-state index contributed by atoms with van der Waals surface area (Å²) in [6.07, 6.45) is 6.25. The van der Waals surface area contributed by atoms with Crippen LogP contribution in [0.15, 0.2) is 61.1 Å².